The van der Waals surface area contributed by atoms with Crippen LogP contribution in [0.5, 0.6) is 5.75 Å². The van der Waals surface area contributed by atoms with E-state index in [9.17, 15) is 5.11 Å². The molecule has 0 saturated heterocycles. The Labute approximate surface area is 106 Å². The quantitative estimate of drug-likeness (QED) is 0.898. The molecule has 2 aromatic heterocycles. The Kier molecular flexibility index (Phi) is 3.89. The van der Waals surface area contributed by atoms with Crippen LogP contribution in [0.1, 0.15) is 18.2 Å². The fraction of sp³-hybridized carbons (Fsp3) is 0.286. The van der Waals surface area contributed by atoms with Crippen molar-refractivity contribution in [1.82, 2.24) is 9.97 Å². The lowest BCUT2D eigenvalue weighted by Gasteiger charge is -2.12. The van der Waals surface area contributed by atoms with Crippen LogP contribution in [0.3, 0.4) is 0 Å². The summed E-state index contributed by atoms with van der Waals surface area (Å²) in [6.45, 7) is 4.74. The van der Waals surface area contributed by atoms with Gasteiger partial charge in [-0.2, -0.15) is 0 Å². The van der Waals surface area contributed by atoms with Gasteiger partial charge in [0.1, 0.15) is 5.75 Å². The molecule has 0 atom stereocenters. The predicted octanol–water partition coefficient (Wildman–Crippen LogP) is 2.69. The Morgan fingerprint density at radius 1 is 1.28 bits per heavy atom. The number of aromatic nitrogens is 2. The van der Waals surface area contributed by atoms with Gasteiger partial charge in [0.05, 0.1) is 23.6 Å². The maximum Gasteiger partial charge on any atom is 0.146 e. The largest absolute Gasteiger partial charge is 0.505 e. The monoisotopic (exact) mass is 244 g/mol. The molecule has 0 aliphatic rings. The minimum atomic E-state index is 0.172. The third-order valence-electron chi connectivity index (χ3n) is 2.70. The summed E-state index contributed by atoms with van der Waals surface area (Å²) in [5.74, 6) is 0.172. The van der Waals surface area contributed by atoms with Crippen molar-refractivity contribution in [2.45, 2.75) is 20.5 Å². The molecule has 4 heteroatoms. The minimum Gasteiger partial charge on any atom is -0.505 e. The molecule has 2 aromatic rings. The van der Waals surface area contributed by atoms with Crippen molar-refractivity contribution in [1.29, 1.82) is 0 Å². The lowest BCUT2D eigenvalue weighted by atomic mass is 10.0. The van der Waals surface area contributed by atoms with Gasteiger partial charge in [0.15, 0.2) is 0 Å². The van der Waals surface area contributed by atoms with E-state index in [2.05, 4.69) is 9.97 Å². The predicted molar refractivity (Wildman–Crippen MR) is 69.2 cm³/mol. The molecule has 0 unspecified atom stereocenters. The summed E-state index contributed by atoms with van der Waals surface area (Å²) >= 11 is 0. The van der Waals surface area contributed by atoms with Gasteiger partial charge in [-0.3, -0.25) is 9.97 Å². The third-order valence-corrected chi connectivity index (χ3v) is 2.70. The van der Waals surface area contributed by atoms with Crippen molar-refractivity contribution < 1.29 is 9.84 Å². The Hall–Kier alpha value is -1.94. The molecule has 2 heterocycles. The highest BCUT2D eigenvalue weighted by Crippen LogP contribution is 2.33. The zero-order valence-electron chi connectivity index (χ0n) is 10.6. The first-order valence-electron chi connectivity index (χ1n) is 5.90. The van der Waals surface area contributed by atoms with E-state index in [0.29, 0.717) is 24.5 Å². The number of pyridine rings is 2. The van der Waals surface area contributed by atoms with Gasteiger partial charge in [-0.15, -0.1) is 0 Å². The normalized spacial score (nSPS) is 10.6. The second-order valence-electron chi connectivity index (χ2n) is 3.94. The molecule has 0 saturated carbocycles. The molecule has 0 amide bonds. The van der Waals surface area contributed by atoms with Crippen LogP contribution in [0, 0.1) is 6.92 Å². The molecule has 0 aliphatic carbocycles. The number of hydrogen-bond donors (Lipinski definition) is 1. The van der Waals surface area contributed by atoms with Crippen molar-refractivity contribution in [3.05, 3.63) is 41.9 Å². The maximum absolute atomic E-state index is 10.2. The molecule has 1 N–H and O–H groups in total. The molecule has 0 spiro atoms. The van der Waals surface area contributed by atoms with Crippen LogP contribution < -0.4 is 0 Å². The topological polar surface area (TPSA) is 55.2 Å². The van der Waals surface area contributed by atoms with E-state index in [4.69, 9.17) is 4.74 Å². The van der Waals surface area contributed by atoms with Gasteiger partial charge < -0.3 is 9.84 Å². The van der Waals surface area contributed by atoms with Gasteiger partial charge in [-0.1, -0.05) is 6.07 Å². The fourth-order valence-electron chi connectivity index (χ4n) is 1.75. The van der Waals surface area contributed by atoms with E-state index in [0.717, 1.165) is 11.3 Å². The second-order valence-corrected chi connectivity index (χ2v) is 3.94. The first-order valence-corrected chi connectivity index (χ1v) is 5.90. The van der Waals surface area contributed by atoms with Gasteiger partial charge in [0.2, 0.25) is 0 Å². The third kappa shape index (κ3) is 2.49. The molecule has 94 valence electrons. The van der Waals surface area contributed by atoms with Crippen LogP contribution in [0.2, 0.25) is 0 Å². The fourth-order valence-corrected chi connectivity index (χ4v) is 1.75. The maximum atomic E-state index is 10.2. The summed E-state index contributed by atoms with van der Waals surface area (Å²) in [7, 11) is 0. The van der Waals surface area contributed by atoms with Gasteiger partial charge in [0, 0.05) is 24.6 Å². The summed E-state index contributed by atoms with van der Waals surface area (Å²) in [6.07, 6.45) is 3.43. The molecule has 18 heavy (non-hydrogen) atoms. The summed E-state index contributed by atoms with van der Waals surface area (Å²) in [5.41, 5.74) is 2.88. The zero-order valence-corrected chi connectivity index (χ0v) is 10.6. The van der Waals surface area contributed by atoms with E-state index < -0.39 is 0 Å². The summed E-state index contributed by atoms with van der Waals surface area (Å²) < 4.78 is 5.40. The van der Waals surface area contributed by atoms with Crippen LogP contribution in [-0.4, -0.2) is 21.7 Å². The number of hydrogen-bond acceptors (Lipinski definition) is 4. The van der Waals surface area contributed by atoms with Crippen molar-refractivity contribution >= 4 is 0 Å². The minimum absolute atomic E-state index is 0.172. The van der Waals surface area contributed by atoms with E-state index in [-0.39, 0.29) is 5.75 Å². The van der Waals surface area contributed by atoms with Crippen LogP contribution in [-0.2, 0) is 11.3 Å². The zero-order chi connectivity index (χ0) is 13.0. The molecule has 4 nitrogen and oxygen atoms in total. The molecular weight excluding hydrogens is 228 g/mol. The summed E-state index contributed by atoms with van der Waals surface area (Å²) in [4.78, 5) is 8.44. The standard InChI is InChI=1S/C14H16N2O2/c1-3-18-9-11-8-16-10(2)14(17)13(11)12-6-4-5-7-15-12/h4-8,17H,3,9H2,1-2H3. The van der Waals surface area contributed by atoms with Crippen molar-refractivity contribution in [2.24, 2.45) is 0 Å². The Bertz CT molecular complexity index is 527. The molecule has 0 aliphatic heterocycles. The van der Waals surface area contributed by atoms with Crippen LogP contribution >= 0.6 is 0 Å². The van der Waals surface area contributed by atoms with E-state index in [1.807, 2.05) is 25.1 Å². The van der Waals surface area contributed by atoms with Crippen molar-refractivity contribution in [3.63, 3.8) is 0 Å². The van der Waals surface area contributed by atoms with Crippen molar-refractivity contribution in [3.8, 4) is 17.0 Å². The van der Waals surface area contributed by atoms with Crippen LogP contribution in [0.4, 0.5) is 0 Å². The Balaban J connectivity index is 2.52. The van der Waals surface area contributed by atoms with Crippen LogP contribution in [0.15, 0.2) is 30.6 Å². The SMILES string of the molecule is CCOCc1cnc(C)c(O)c1-c1ccccn1. The van der Waals surface area contributed by atoms with Crippen molar-refractivity contribution in [2.75, 3.05) is 6.61 Å². The highest BCUT2D eigenvalue weighted by Gasteiger charge is 2.14. The summed E-state index contributed by atoms with van der Waals surface area (Å²) in [5, 5.41) is 10.2. The first-order chi connectivity index (χ1) is 8.74. The average molecular weight is 244 g/mol. The van der Waals surface area contributed by atoms with Gasteiger partial charge >= 0.3 is 0 Å². The van der Waals surface area contributed by atoms with E-state index >= 15 is 0 Å². The van der Waals surface area contributed by atoms with Crippen LogP contribution in [0.25, 0.3) is 11.3 Å². The number of nitrogens with zero attached hydrogens (tertiary/aromatic N) is 2. The lowest BCUT2D eigenvalue weighted by Crippen LogP contribution is -1.99. The number of aromatic hydroxyl groups is 1. The van der Waals surface area contributed by atoms with Gasteiger partial charge in [0.25, 0.3) is 0 Å². The first kappa shape index (κ1) is 12.5. The number of rotatable bonds is 4. The number of aryl methyl sites for hydroxylation is 1. The molecule has 0 radical (unpaired) electrons. The Morgan fingerprint density at radius 2 is 2.11 bits per heavy atom. The lowest BCUT2D eigenvalue weighted by molar-refractivity contribution is 0.134. The summed E-state index contributed by atoms with van der Waals surface area (Å²) in [6, 6.07) is 5.60. The highest BCUT2D eigenvalue weighted by atomic mass is 16.5. The van der Waals surface area contributed by atoms with E-state index in [1.165, 1.54) is 0 Å². The highest BCUT2D eigenvalue weighted by molar-refractivity contribution is 5.71. The average Bonchev–Trinajstić information content (AvgIpc) is 2.41. The van der Waals surface area contributed by atoms with Gasteiger partial charge in [-0.05, 0) is 26.0 Å². The molecule has 0 aromatic carbocycles. The van der Waals surface area contributed by atoms with E-state index in [1.54, 1.807) is 19.3 Å². The van der Waals surface area contributed by atoms with Gasteiger partial charge in [-0.25, -0.2) is 0 Å². The molecule has 2 rings (SSSR count). The molecule has 0 bridgehead atoms. The molecule has 0 fully saturated rings. The Morgan fingerprint density at radius 3 is 2.78 bits per heavy atom. The molecular formula is C14H16N2O2. The second kappa shape index (κ2) is 5.60. The number of ether oxygens (including phenoxy) is 1. The smallest absolute Gasteiger partial charge is 0.146 e.